The van der Waals surface area contributed by atoms with E-state index in [2.05, 4.69) is 19.9 Å². The number of aromatic nitrogens is 5. The SMILES string of the molecule is O=c1cc(-c2ccncc2)ncn1CC1CCN(c2cc(=O)n3ccccc3n2)CC1. The first-order chi connectivity index (χ1) is 15.2. The smallest absolute Gasteiger partial charge is 0.259 e. The summed E-state index contributed by atoms with van der Waals surface area (Å²) in [6, 6.07) is 12.4. The standard InChI is InChI=1S/C23H22N6O2/c30-22-13-19(18-4-8-24-9-5-18)25-16-28(22)15-17-6-11-27(12-7-17)21-14-23(31)29-10-2-1-3-20(29)26-21/h1-5,8-10,13-14,16-17H,6-7,11-12,15H2. The summed E-state index contributed by atoms with van der Waals surface area (Å²) in [7, 11) is 0. The molecule has 5 rings (SSSR count). The lowest BCUT2D eigenvalue weighted by atomic mass is 9.96. The number of hydrogen-bond donors (Lipinski definition) is 0. The Morgan fingerprint density at radius 2 is 1.77 bits per heavy atom. The fourth-order valence-electron chi connectivity index (χ4n) is 4.07. The van der Waals surface area contributed by atoms with Gasteiger partial charge in [-0.15, -0.1) is 0 Å². The third-order valence-corrected chi connectivity index (χ3v) is 5.81. The van der Waals surface area contributed by atoms with Crippen LogP contribution in [0.1, 0.15) is 12.8 Å². The molecule has 4 aromatic rings. The summed E-state index contributed by atoms with van der Waals surface area (Å²) in [6.07, 6.45) is 8.59. The second-order valence-corrected chi connectivity index (χ2v) is 7.81. The van der Waals surface area contributed by atoms with E-state index in [1.54, 1.807) is 46.0 Å². The van der Waals surface area contributed by atoms with Crippen LogP contribution in [0.3, 0.4) is 0 Å². The largest absolute Gasteiger partial charge is 0.356 e. The van der Waals surface area contributed by atoms with Gasteiger partial charge < -0.3 is 4.90 Å². The number of piperidine rings is 1. The lowest BCUT2D eigenvalue weighted by Crippen LogP contribution is -2.37. The van der Waals surface area contributed by atoms with Crippen LogP contribution in [0.25, 0.3) is 16.9 Å². The van der Waals surface area contributed by atoms with E-state index >= 15 is 0 Å². The van der Waals surface area contributed by atoms with Crippen molar-refractivity contribution in [1.29, 1.82) is 0 Å². The van der Waals surface area contributed by atoms with Crippen LogP contribution in [0.2, 0.25) is 0 Å². The minimum Gasteiger partial charge on any atom is -0.356 e. The van der Waals surface area contributed by atoms with Crippen LogP contribution in [0.15, 0.2) is 77.0 Å². The van der Waals surface area contributed by atoms with Gasteiger partial charge in [0.05, 0.1) is 12.0 Å². The first kappa shape index (κ1) is 19.2. The molecule has 0 N–H and O–H groups in total. The van der Waals surface area contributed by atoms with E-state index in [0.29, 0.717) is 23.8 Å². The van der Waals surface area contributed by atoms with Gasteiger partial charge in [0.2, 0.25) is 0 Å². The van der Waals surface area contributed by atoms with E-state index in [1.807, 2.05) is 30.3 Å². The molecule has 0 aromatic carbocycles. The fraction of sp³-hybridized carbons (Fsp3) is 0.261. The van der Waals surface area contributed by atoms with Crippen molar-refractivity contribution in [2.45, 2.75) is 19.4 Å². The number of rotatable bonds is 4. The van der Waals surface area contributed by atoms with E-state index in [-0.39, 0.29) is 11.1 Å². The van der Waals surface area contributed by atoms with Gasteiger partial charge in [0.15, 0.2) is 0 Å². The Morgan fingerprint density at radius 1 is 0.968 bits per heavy atom. The monoisotopic (exact) mass is 414 g/mol. The molecule has 156 valence electrons. The lowest BCUT2D eigenvalue weighted by molar-refractivity contribution is 0.350. The third-order valence-electron chi connectivity index (χ3n) is 5.81. The van der Waals surface area contributed by atoms with Crippen molar-refractivity contribution in [2.24, 2.45) is 5.92 Å². The zero-order chi connectivity index (χ0) is 21.2. The summed E-state index contributed by atoms with van der Waals surface area (Å²) < 4.78 is 3.23. The minimum atomic E-state index is -0.0744. The minimum absolute atomic E-state index is 0.0477. The fourth-order valence-corrected chi connectivity index (χ4v) is 4.07. The van der Waals surface area contributed by atoms with Crippen molar-refractivity contribution < 1.29 is 0 Å². The second-order valence-electron chi connectivity index (χ2n) is 7.81. The van der Waals surface area contributed by atoms with Gasteiger partial charge in [0.25, 0.3) is 11.1 Å². The Balaban J connectivity index is 1.26. The van der Waals surface area contributed by atoms with Gasteiger partial charge in [-0.3, -0.25) is 23.5 Å². The molecule has 8 heteroatoms. The first-order valence-corrected chi connectivity index (χ1v) is 10.4. The second kappa shape index (κ2) is 8.14. The highest BCUT2D eigenvalue weighted by atomic mass is 16.1. The molecule has 0 bridgehead atoms. The summed E-state index contributed by atoms with van der Waals surface area (Å²) in [4.78, 5) is 40.2. The van der Waals surface area contributed by atoms with Crippen molar-refractivity contribution >= 4 is 11.5 Å². The molecule has 0 spiro atoms. The molecule has 0 saturated carbocycles. The molecule has 8 nitrogen and oxygen atoms in total. The molecular formula is C23H22N6O2. The highest BCUT2D eigenvalue weighted by molar-refractivity contribution is 5.57. The maximum atomic E-state index is 12.6. The Kier molecular flexibility index (Phi) is 5.03. The van der Waals surface area contributed by atoms with Gasteiger partial charge in [-0.25, -0.2) is 9.97 Å². The molecule has 1 fully saturated rings. The summed E-state index contributed by atoms with van der Waals surface area (Å²) in [5.74, 6) is 1.10. The van der Waals surface area contributed by atoms with Gasteiger partial charge in [-0.2, -0.15) is 0 Å². The first-order valence-electron chi connectivity index (χ1n) is 10.4. The van der Waals surface area contributed by atoms with Crippen molar-refractivity contribution in [3.63, 3.8) is 0 Å². The topological polar surface area (TPSA) is 85.4 Å². The predicted molar refractivity (Wildman–Crippen MR) is 118 cm³/mol. The number of fused-ring (bicyclic) bond motifs is 1. The number of hydrogen-bond acceptors (Lipinski definition) is 6. The van der Waals surface area contributed by atoms with Gasteiger partial charge in [0, 0.05) is 55.9 Å². The van der Waals surface area contributed by atoms with E-state index in [4.69, 9.17) is 0 Å². The average molecular weight is 414 g/mol. The molecule has 1 aliphatic heterocycles. The molecule has 0 unspecified atom stereocenters. The normalized spacial score (nSPS) is 14.8. The molecular weight excluding hydrogens is 392 g/mol. The van der Waals surface area contributed by atoms with E-state index < -0.39 is 0 Å². The Labute approximate surface area is 178 Å². The van der Waals surface area contributed by atoms with Crippen molar-refractivity contribution in [1.82, 2.24) is 23.9 Å². The van der Waals surface area contributed by atoms with Gasteiger partial charge >= 0.3 is 0 Å². The predicted octanol–water partition coefficient (Wildman–Crippen LogP) is 2.23. The Bertz CT molecular complexity index is 1320. The number of anilines is 1. The van der Waals surface area contributed by atoms with Crippen LogP contribution >= 0.6 is 0 Å². The molecule has 5 heterocycles. The highest BCUT2D eigenvalue weighted by Crippen LogP contribution is 2.22. The Morgan fingerprint density at radius 3 is 2.55 bits per heavy atom. The van der Waals surface area contributed by atoms with E-state index in [0.717, 1.165) is 37.3 Å². The third kappa shape index (κ3) is 3.96. The van der Waals surface area contributed by atoms with Gasteiger partial charge in [-0.1, -0.05) is 6.07 Å². The average Bonchev–Trinajstić information content (AvgIpc) is 2.81. The van der Waals surface area contributed by atoms with Crippen LogP contribution in [-0.2, 0) is 6.54 Å². The summed E-state index contributed by atoms with van der Waals surface area (Å²) in [5, 5.41) is 0. The van der Waals surface area contributed by atoms with Crippen LogP contribution < -0.4 is 16.0 Å². The van der Waals surface area contributed by atoms with Crippen molar-refractivity contribution in [3.8, 4) is 11.3 Å². The number of nitrogens with zero attached hydrogens (tertiary/aromatic N) is 6. The van der Waals surface area contributed by atoms with Crippen LogP contribution in [-0.4, -0.2) is 37.0 Å². The molecule has 0 aliphatic carbocycles. The molecule has 31 heavy (non-hydrogen) atoms. The molecule has 0 radical (unpaired) electrons. The number of pyridine rings is 2. The Hall–Kier alpha value is -3.81. The molecule has 1 aliphatic rings. The molecule has 0 atom stereocenters. The highest BCUT2D eigenvalue weighted by Gasteiger charge is 2.21. The quantitative estimate of drug-likeness (QED) is 0.509. The van der Waals surface area contributed by atoms with E-state index in [9.17, 15) is 9.59 Å². The van der Waals surface area contributed by atoms with Gasteiger partial charge in [-0.05, 0) is 43.0 Å². The zero-order valence-corrected chi connectivity index (χ0v) is 17.0. The summed E-state index contributed by atoms with van der Waals surface area (Å²) in [6.45, 7) is 2.25. The summed E-state index contributed by atoms with van der Waals surface area (Å²) in [5.41, 5.74) is 2.07. The van der Waals surface area contributed by atoms with E-state index in [1.165, 1.54) is 0 Å². The van der Waals surface area contributed by atoms with Crippen molar-refractivity contribution in [3.05, 3.63) is 88.1 Å². The zero-order valence-electron chi connectivity index (χ0n) is 17.0. The van der Waals surface area contributed by atoms with Crippen LogP contribution in [0.5, 0.6) is 0 Å². The van der Waals surface area contributed by atoms with Crippen molar-refractivity contribution in [2.75, 3.05) is 18.0 Å². The van der Waals surface area contributed by atoms with Crippen LogP contribution in [0, 0.1) is 5.92 Å². The molecule has 4 aromatic heterocycles. The summed E-state index contributed by atoms with van der Waals surface area (Å²) >= 11 is 0. The lowest BCUT2D eigenvalue weighted by Gasteiger charge is -2.33. The maximum Gasteiger partial charge on any atom is 0.259 e. The van der Waals surface area contributed by atoms with Gasteiger partial charge in [0.1, 0.15) is 11.5 Å². The maximum absolute atomic E-state index is 12.6. The molecule has 1 saturated heterocycles. The molecule has 0 amide bonds. The van der Waals surface area contributed by atoms with Crippen LogP contribution in [0.4, 0.5) is 5.82 Å².